The van der Waals surface area contributed by atoms with E-state index in [4.69, 9.17) is 14.2 Å². The number of thioether (sulfide) groups is 1. The smallest absolute Gasteiger partial charge is 0.176 e. The van der Waals surface area contributed by atoms with Crippen LogP contribution in [-0.2, 0) is 0 Å². The lowest BCUT2D eigenvalue weighted by Gasteiger charge is -2.12. The van der Waals surface area contributed by atoms with Crippen LogP contribution in [-0.4, -0.2) is 32.9 Å². The SMILES string of the molecule is COc1ccc(SCC(=O)c2ccc3ccccc3c2OC)cc1OC. The van der Waals surface area contributed by atoms with Crippen LogP contribution in [0.3, 0.4) is 0 Å². The third-order valence-corrected chi connectivity index (χ3v) is 5.10. The molecule has 0 saturated heterocycles. The van der Waals surface area contributed by atoms with Crippen LogP contribution in [0.15, 0.2) is 59.5 Å². The first kappa shape index (κ1) is 18.1. The lowest BCUT2D eigenvalue weighted by atomic mass is 10.0. The molecule has 4 nitrogen and oxygen atoms in total. The van der Waals surface area contributed by atoms with Gasteiger partial charge in [-0.15, -0.1) is 11.8 Å². The standard InChI is InChI=1S/C21H20O4S/c1-23-19-11-9-15(12-20(19)24-2)26-13-18(22)17-10-8-14-6-4-5-7-16(14)21(17)25-3/h4-12H,13H2,1-3H3. The van der Waals surface area contributed by atoms with Crippen molar-refractivity contribution in [3.8, 4) is 17.2 Å². The Balaban J connectivity index is 1.81. The summed E-state index contributed by atoms with van der Waals surface area (Å²) in [5.41, 5.74) is 0.596. The first-order valence-corrected chi connectivity index (χ1v) is 9.10. The van der Waals surface area contributed by atoms with Gasteiger partial charge in [0.1, 0.15) is 5.75 Å². The Bertz CT molecular complexity index is 936. The van der Waals surface area contributed by atoms with Crippen LogP contribution >= 0.6 is 11.8 Å². The van der Waals surface area contributed by atoms with E-state index >= 15 is 0 Å². The number of Topliss-reactive ketones (excluding diaryl/α,β-unsaturated/α-hetero) is 1. The van der Waals surface area contributed by atoms with Gasteiger partial charge in [-0.3, -0.25) is 4.79 Å². The number of rotatable bonds is 7. The summed E-state index contributed by atoms with van der Waals surface area (Å²) in [5, 5.41) is 1.99. The Morgan fingerprint density at radius 2 is 1.65 bits per heavy atom. The Hall–Kier alpha value is -2.66. The maximum absolute atomic E-state index is 12.8. The highest BCUT2D eigenvalue weighted by Crippen LogP contribution is 2.34. The molecule has 0 spiro atoms. The number of methoxy groups -OCH3 is 3. The highest BCUT2D eigenvalue weighted by Gasteiger charge is 2.16. The first-order valence-electron chi connectivity index (χ1n) is 8.11. The van der Waals surface area contributed by atoms with Gasteiger partial charge < -0.3 is 14.2 Å². The van der Waals surface area contributed by atoms with Crippen LogP contribution in [0.25, 0.3) is 10.8 Å². The summed E-state index contributed by atoms with van der Waals surface area (Å²) in [6, 6.07) is 17.3. The molecule has 0 aliphatic rings. The first-order chi connectivity index (χ1) is 12.7. The van der Waals surface area contributed by atoms with E-state index in [-0.39, 0.29) is 5.78 Å². The Kier molecular flexibility index (Phi) is 5.68. The molecule has 134 valence electrons. The molecule has 0 aromatic heterocycles. The molecule has 3 aromatic carbocycles. The largest absolute Gasteiger partial charge is 0.495 e. The van der Waals surface area contributed by atoms with Crippen LogP contribution in [0, 0.1) is 0 Å². The summed E-state index contributed by atoms with van der Waals surface area (Å²) in [4.78, 5) is 13.7. The van der Waals surface area contributed by atoms with E-state index in [2.05, 4.69) is 0 Å². The Morgan fingerprint density at radius 3 is 2.38 bits per heavy atom. The minimum atomic E-state index is 0.0207. The van der Waals surface area contributed by atoms with E-state index in [0.29, 0.717) is 28.6 Å². The van der Waals surface area contributed by atoms with Gasteiger partial charge >= 0.3 is 0 Å². The van der Waals surface area contributed by atoms with Gasteiger partial charge in [0.05, 0.1) is 32.6 Å². The van der Waals surface area contributed by atoms with Crippen molar-refractivity contribution in [1.82, 2.24) is 0 Å². The molecular formula is C21H20O4S. The summed E-state index contributed by atoms with van der Waals surface area (Å²) in [6.07, 6.45) is 0. The summed E-state index contributed by atoms with van der Waals surface area (Å²) in [5.74, 6) is 2.27. The van der Waals surface area contributed by atoms with E-state index < -0.39 is 0 Å². The van der Waals surface area contributed by atoms with Crippen molar-refractivity contribution < 1.29 is 19.0 Å². The second kappa shape index (κ2) is 8.15. The second-order valence-electron chi connectivity index (χ2n) is 5.60. The number of ketones is 1. The van der Waals surface area contributed by atoms with E-state index in [0.717, 1.165) is 15.7 Å². The lowest BCUT2D eigenvalue weighted by Crippen LogP contribution is -2.05. The van der Waals surface area contributed by atoms with Crippen molar-refractivity contribution in [2.24, 2.45) is 0 Å². The number of hydrogen-bond donors (Lipinski definition) is 0. The highest BCUT2D eigenvalue weighted by atomic mass is 32.2. The second-order valence-corrected chi connectivity index (χ2v) is 6.64. The van der Waals surface area contributed by atoms with Gasteiger partial charge in [-0.05, 0) is 29.7 Å². The molecule has 5 heteroatoms. The van der Waals surface area contributed by atoms with E-state index in [1.54, 1.807) is 21.3 Å². The molecule has 0 saturated carbocycles. The molecule has 26 heavy (non-hydrogen) atoms. The molecule has 0 bridgehead atoms. The van der Waals surface area contributed by atoms with Crippen LogP contribution in [0.4, 0.5) is 0 Å². The van der Waals surface area contributed by atoms with Gasteiger partial charge in [0.15, 0.2) is 17.3 Å². The Morgan fingerprint density at radius 1 is 0.885 bits per heavy atom. The highest BCUT2D eigenvalue weighted by molar-refractivity contribution is 8.00. The molecule has 0 fully saturated rings. The van der Waals surface area contributed by atoms with E-state index in [9.17, 15) is 4.79 Å². The molecule has 0 heterocycles. The molecule has 3 aromatic rings. The van der Waals surface area contributed by atoms with Gasteiger partial charge in [-0.25, -0.2) is 0 Å². The van der Waals surface area contributed by atoms with Crippen molar-refractivity contribution in [3.05, 3.63) is 60.2 Å². The van der Waals surface area contributed by atoms with E-state index in [1.807, 2.05) is 54.6 Å². The van der Waals surface area contributed by atoms with Crippen molar-refractivity contribution >= 4 is 28.3 Å². The molecule has 0 radical (unpaired) electrons. The predicted octanol–water partition coefficient (Wildman–Crippen LogP) is 4.84. The molecule has 0 N–H and O–H groups in total. The third-order valence-electron chi connectivity index (χ3n) is 4.11. The van der Waals surface area contributed by atoms with Gasteiger partial charge in [0, 0.05) is 10.3 Å². The summed E-state index contributed by atoms with van der Waals surface area (Å²) in [6.45, 7) is 0. The quantitative estimate of drug-likeness (QED) is 0.441. The van der Waals surface area contributed by atoms with Gasteiger partial charge in [0.2, 0.25) is 0 Å². The molecular weight excluding hydrogens is 348 g/mol. The summed E-state index contributed by atoms with van der Waals surface area (Å²) in [7, 11) is 4.79. The van der Waals surface area contributed by atoms with Gasteiger partial charge in [0.25, 0.3) is 0 Å². The topological polar surface area (TPSA) is 44.8 Å². The average molecular weight is 368 g/mol. The van der Waals surface area contributed by atoms with Crippen molar-refractivity contribution in [2.75, 3.05) is 27.1 Å². The van der Waals surface area contributed by atoms with Gasteiger partial charge in [-0.1, -0.05) is 30.3 Å². The molecule has 3 rings (SSSR count). The number of benzene rings is 3. The summed E-state index contributed by atoms with van der Waals surface area (Å²) < 4.78 is 16.1. The predicted molar refractivity (Wildman–Crippen MR) is 105 cm³/mol. The number of ether oxygens (including phenoxy) is 3. The monoisotopic (exact) mass is 368 g/mol. The Labute approximate surface area is 157 Å². The molecule has 0 amide bonds. The lowest BCUT2D eigenvalue weighted by molar-refractivity contribution is 0.102. The molecule has 0 aliphatic carbocycles. The fraction of sp³-hybridized carbons (Fsp3) is 0.190. The number of fused-ring (bicyclic) bond motifs is 1. The summed E-state index contributed by atoms with van der Waals surface area (Å²) >= 11 is 1.46. The van der Waals surface area contributed by atoms with Crippen LogP contribution < -0.4 is 14.2 Å². The molecule has 0 unspecified atom stereocenters. The number of carbonyl (C=O) groups excluding carboxylic acids is 1. The van der Waals surface area contributed by atoms with Crippen LogP contribution in [0.2, 0.25) is 0 Å². The van der Waals surface area contributed by atoms with Crippen molar-refractivity contribution in [1.29, 1.82) is 0 Å². The average Bonchev–Trinajstić information content (AvgIpc) is 2.70. The molecule has 0 aliphatic heterocycles. The number of hydrogen-bond acceptors (Lipinski definition) is 5. The minimum absolute atomic E-state index is 0.0207. The van der Waals surface area contributed by atoms with E-state index in [1.165, 1.54) is 11.8 Å². The van der Waals surface area contributed by atoms with Gasteiger partial charge in [-0.2, -0.15) is 0 Å². The molecule has 0 atom stereocenters. The zero-order valence-corrected chi connectivity index (χ0v) is 15.8. The fourth-order valence-electron chi connectivity index (χ4n) is 2.82. The zero-order valence-electron chi connectivity index (χ0n) is 14.9. The normalized spacial score (nSPS) is 10.6. The van der Waals surface area contributed by atoms with Crippen molar-refractivity contribution in [2.45, 2.75) is 4.90 Å². The minimum Gasteiger partial charge on any atom is -0.495 e. The zero-order chi connectivity index (χ0) is 18.5. The van der Waals surface area contributed by atoms with Crippen molar-refractivity contribution in [3.63, 3.8) is 0 Å². The maximum atomic E-state index is 12.8. The van der Waals surface area contributed by atoms with Crippen LogP contribution in [0.1, 0.15) is 10.4 Å². The van der Waals surface area contributed by atoms with Crippen LogP contribution in [0.5, 0.6) is 17.2 Å². The third kappa shape index (κ3) is 3.63. The fourth-order valence-corrected chi connectivity index (χ4v) is 3.62. The maximum Gasteiger partial charge on any atom is 0.176 e. The number of carbonyl (C=O) groups is 1.